The first kappa shape index (κ1) is 13.1. The Morgan fingerprint density at radius 2 is 2.06 bits per heavy atom. The number of nitrogens with zero attached hydrogens (tertiary/aromatic N) is 2. The molecule has 1 unspecified atom stereocenters. The molecule has 8 heteroatoms. The summed E-state index contributed by atoms with van der Waals surface area (Å²) < 4.78 is 37.7. The number of hydrogen-bond donors (Lipinski definition) is 1. The Labute approximate surface area is 102 Å². The van der Waals surface area contributed by atoms with Crippen LogP contribution in [-0.4, -0.2) is 66.6 Å². The van der Waals surface area contributed by atoms with Crippen molar-refractivity contribution in [2.45, 2.75) is 18.1 Å². The van der Waals surface area contributed by atoms with Crippen molar-refractivity contribution in [2.24, 2.45) is 0 Å². The maximum atomic E-state index is 12.6. The molecule has 5 nitrogen and oxygen atoms in total. The second-order valence-corrected chi connectivity index (χ2v) is 4.64. The average molecular weight is 265 g/mol. The van der Waals surface area contributed by atoms with E-state index in [4.69, 9.17) is 0 Å². The highest BCUT2D eigenvalue weighted by Crippen LogP contribution is 2.33. The molecule has 1 spiro atoms. The zero-order valence-corrected chi connectivity index (χ0v) is 9.88. The van der Waals surface area contributed by atoms with E-state index in [0.29, 0.717) is 11.4 Å². The van der Waals surface area contributed by atoms with Gasteiger partial charge in [-0.05, 0) is 6.42 Å². The van der Waals surface area contributed by atoms with Gasteiger partial charge in [-0.25, -0.2) is 0 Å². The number of nitrogens with one attached hydrogen (secondary N) is 1. The molecule has 18 heavy (non-hydrogen) atoms. The summed E-state index contributed by atoms with van der Waals surface area (Å²) in [6, 6.07) is 0. The van der Waals surface area contributed by atoms with Crippen LogP contribution in [0.3, 0.4) is 0 Å². The predicted molar refractivity (Wildman–Crippen MR) is 55.6 cm³/mol. The fraction of sp³-hybridized carbons (Fsp3) is 0.800. The molecule has 1 atom stereocenters. The number of alkyl halides is 3. The summed E-state index contributed by atoms with van der Waals surface area (Å²) in [5.74, 6) is -2.35. The van der Waals surface area contributed by atoms with E-state index in [2.05, 4.69) is 5.32 Å². The van der Waals surface area contributed by atoms with Crippen LogP contribution >= 0.6 is 0 Å². The van der Waals surface area contributed by atoms with Crippen LogP contribution in [0.15, 0.2) is 0 Å². The van der Waals surface area contributed by atoms with Crippen molar-refractivity contribution in [1.29, 1.82) is 0 Å². The Hall–Kier alpha value is -1.31. The van der Waals surface area contributed by atoms with E-state index in [-0.39, 0.29) is 26.1 Å². The van der Waals surface area contributed by atoms with Crippen LogP contribution in [-0.2, 0) is 9.59 Å². The van der Waals surface area contributed by atoms with Crippen molar-refractivity contribution in [3.8, 4) is 0 Å². The summed E-state index contributed by atoms with van der Waals surface area (Å²) in [6.45, 7) is 0.610. The van der Waals surface area contributed by atoms with Gasteiger partial charge in [-0.2, -0.15) is 13.2 Å². The second kappa shape index (κ2) is 4.11. The van der Waals surface area contributed by atoms with E-state index >= 15 is 0 Å². The lowest BCUT2D eigenvalue weighted by Gasteiger charge is -2.43. The maximum Gasteiger partial charge on any atom is 0.471 e. The lowest BCUT2D eigenvalue weighted by Crippen LogP contribution is -2.68. The number of amides is 2. The van der Waals surface area contributed by atoms with Crippen LogP contribution in [0.1, 0.15) is 6.42 Å². The molecule has 0 aromatic carbocycles. The average Bonchev–Trinajstić information content (AvgIpc) is 2.58. The molecule has 1 N–H and O–H groups in total. The molecule has 0 aliphatic carbocycles. The molecule has 0 aromatic heterocycles. The number of rotatable bonds is 0. The van der Waals surface area contributed by atoms with E-state index < -0.39 is 23.5 Å². The lowest BCUT2D eigenvalue weighted by molar-refractivity contribution is -0.193. The van der Waals surface area contributed by atoms with Crippen molar-refractivity contribution in [3.63, 3.8) is 0 Å². The van der Waals surface area contributed by atoms with Gasteiger partial charge in [0.25, 0.3) is 0 Å². The molecule has 102 valence electrons. The quantitative estimate of drug-likeness (QED) is 0.647. The highest BCUT2D eigenvalue weighted by Gasteiger charge is 2.57. The molecule has 2 rings (SSSR count). The monoisotopic (exact) mass is 265 g/mol. The van der Waals surface area contributed by atoms with E-state index in [1.807, 2.05) is 0 Å². The minimum absolute atomic E-state index is 0.0813. The van der Waals surface area contributed by atoms with Gasteiger partial charge in [0.05, 0.1) is 0 Å². The maximum absolute atomic E-state index is 12.6. The van der Waals surface area contributed by atoms with Gasteiger partial charge in [0.2, 0.25) is 5.91 Å². The third-order valence-electron chi connectivity index (χ3n) is 3.54. The van der Waals surface area contributed by atoms with Crippen molar-refractivity contribution < 1.29 is 22.8 Å². The predicted octanol–water partition coefficient (Wildman–Crippen LogP) is -0.419. The van der Waals surface area contributed by atoms with E-state index in [0.717, 1.165) is 0 Å². The highest BCUT2D eigenvalue weighted by molar-refractivity contribution is 5.95. The van der Waals surface area contributed by atoms with Crippen molar-refractivity contribution in [3.05, 3.63) is 0 Å². The van der Waals surface area contributed by atoms with Gasteiger partial charge in [-0.3, -0.25) is 9.59 Å². The first-order chi connectivity index (χ1) is 8.29. The van der Waals surface area contributed by atoms with Crippen LogP contribution < -0.4 is 5.32 Å². The molecule has 2 fully saturated rings. The van der Waals surface area contributed by atoms with E-state index in [1.54, 1.807) is 0 Å². The third-order valence-corrected chi connectivity index (χ3v) is 3.54. The van der Waals surface area contributed by atoms with Gasteiger partial charge >= 0.3 is 12.1 Å². The van der Waals surface area contributed by atoms with Crippen molar-refractivity contribution in [1.82, 2.24) is 15.1 Å². The summed E-state index contributed by atoms with van der Waals surface area (Å²) >= 11 is 0. The molecule has 0 bridgehead atoms. The first-order valence-corrected chi connectivity index (χ1v) is 5.64. The Bertz CT molecular complexity index is 381. The number of piperazine rings is 1. The second-order valence-electron chi connectivity index (χ2n) is 4.64. The van der Waals surface area contributed by atoms with Crippen LogP contribution in [0.5, 0.6) is 0 Å². The van der Waals surface area contributed by atoms with Crippen LogP contribution in [0.4, 0.5) is 13.2 Å². The minimum atomic E-state index is -4.94. The van der Waals surface area contributed by atoms with Crippen molar-refractivity contribution >= 4 is 11.8 Å². The highest BCUT2D eigenvalue weighted by atomic mass is 19.4. The Balaban J connectivity index is 2.33. The summed E-state index contributed by atoms with van der Waals surface area (Å²) in [5.41, 5.74) is -1.36. The normalized spacial score (nSPS) is 29.2. The van der Waals surface area contributed by atoms with Crippen LogP contribution in [0, 0.1) is 0 Å². The zero-order valence-electron chi connectivity index (χ0n) is 9.88. The van der Waals surface area contributed by atoms with Gasteiger partial charge < -0.3 is 15.1 Å². The van der Waals surface area contributed by atoms with E-state index in [9.17, 15) is 22.8 Å². The summed E-state index contributed by atoms with van der Waals surface area (Å²) in [7, 11) is 1.53. The summed E-state index contributed by atoms with van der Waals surface area (Å²) in [4.78, 5) is 25.5. The van der Waals surface area contributed by atoms with Crippen molar-refractivity contribution in [2.75, 3.05) is 33.2 Å². The molecule has 2 saturated heterocycles. The number of likely N-dealkylation sites (N-methyl/N-ethyl adjacent to an activating group) is 1. The zero-order chi connectivity index (χ0) is 13.6. The van der Waals surface area contributed by atoms with Gasteiger partial charge in [-0.15, -0.1) is 0 Å². The lowest BCUT2D eigenvalue weighted by atomic mass is 9.92. The summed E-state index contributed by atoms with van der Waals surface area (Å²) in [5, 5.41) is 2.90. The number of carbonyl (C=O) groups excluding carboxylic acids is 2. The minimum Gasteiger partial charge on any atom is -0.344 e. The fourth-order valence-corrected chi connectivity index (χ4v) is 2.58. The molecule has 0 radical (unpaired) electrons. The topological polar surface area (TPSA) is 52.6 Å². The van der Waals surface area contributed by atoms with Gasteiger partial charge in [0.15, 0.2) is 0 Å². The largest absolute Gasteiger partial charge is 0.471 e. The Kier molecular flexibility index (Phi) is 3.00. The van der Waals surface area contributed by atoms with Gasteiger partial charge in [0, 0.05) is 33.2 Å². The molecule has 2 aliphatic heterocycles. The number of likely N-dealkylation sites (tertiary alicyclic amines) is 1. The summed E-state index contributed by atoms with van der Waals surface area (Å²) in [6.07, 6.45) is -4.71. The molecule has 0 saturated carbocycles. The smallest absolute Gasteiger partial charge is 0.344 e. The van der Waals surface area contributed by atoms with Crippen LogP contribution in [0.2, 0.25) is 0 Å². The Morgan fingerprint density at radius 1 is 1.39 bits per heavy atom. The molecule has 2 aliphatic rings. The van der Waals surface area contributed by atoms with Crippen LogP contribution in [0.25, 0.3) is 0 Å². The number of hydrogen-bond acceptors (Lipinski definition) is 3. The number of carbonyl (C=O) groups is 2. The van der Waals surface area contributed by atoms with Gasteiger partial charge in [0.1, 0.15) is 5.54 Å². The Morgan fingerprint density at radius 3 is 2.56 bits per heavy atom. The molecule has 2 amide bonds. The first-order valence-electron chi connectivity index (χ1n) is 5.64. The number of halogens is 3. The SMILES string of the molecule is CN1CCC2(CNCCN2C(=O)C(F)(F)F)C1=O. The molecule has 2 heterocycles. The third kappa shape index (κ3) is 1.84. The fourth-order valence-electron chi connectivity index (χ4n) is 2.58. The standard InChI is InChI=1S/C10H14F3N3O2/c1-15-4-2-9(7(15)17)6-14-3-5-16(9)8(18)10(11,12)13/h14H,2-6H2,1H3. The molecular weight excluding hydrogens is 251 g/mol. The molecular formula is C10H14F3N3O2. The molecule has 0 aromatic rings. The van der Waals surface area contributed by atoms with Gasteiger partial charge in [-0.1, -0.05) is 0 Å². The van der Waals surface area contributed by atoms with E-state index in [1.165, 1.54) is 11.9 Å².